The highest BCUT2D eigenvalue weighted by Gasteiger charge is 2.51. The van der Waals surface area contributed by atoms with Gasteiger partial charge in [-0.3, -0.25) is 4.79 Å². The van der Waals surface area contributed by atoms with Crippen LogP contribution in [0.2, 0.25) is 5.02 Å². The number of amides is 1. The van der Waals surface area contributed by atoms with Crippen molar-refractivity contribution in [2.75, 3.05) is 13.2 Å². The highest BCUT2D eigenvalue weighted by molar-refractivity contribution is 7.89. The van der Waals surface area contributed by atoms with Crippen molar-refractivity contribution in [3.05, 3.63) is 59.6 Å². The van der Waals surface area contributed by atoms with E-state index >= 15 is 0 Å². The molecular formula is C39H47ClF3N3O8S. The Labute approximate surface area is 323 Å². The average molecular weight is 810 g/mol. The van der Waals surface area contributed by atoms with Crippen LogP contribution >= 0.6 is 11.6 Å². The van der Waals surface area contributed by atoms with Crippen molar-refractivity contribution in [2.24, 2.45) is 5.73 Å². The number of hydrogen-bond acceptors (Lipinski definition) is 8. The number of alkyl halides is 3. The van der Waals surface area contributed by atoms with E-state index in [0.29, 0.717) is 23.1 Å². The number of carboxylic acids is 1. The summed E-state index contributed by atoms with van der Waals surface area (Å²) in [7, 11) is -4.07. The second-order valence-electron chi connectivity index (χ2n) is 14.7. The summed E-state index contributed by atoms with van der Waals surface area (Å²) in [5.74, 6) is -1.07. The fraction of sp³-hybridized carbons (Fsp3) is 0.538. The summed E-state index contributed by atoms with van der Waals surface area (Å²) in [4.78, 5) is 25.3. The largest absolute Gasteiger partial charge is 0.492 e. The van der Waals surface area contributed by atoms with Gasteiger partial charge in [0.1, 0.15) is 29.4 Å². The molecular weight excluding hydrogens is 763 g/mol. The number of halogens is 4. The van der Waals surface area contributed by atoms with Crippen molar-refractivity contribution in [3.63, 3.8) is 0 Å². The van der Waals surface area contributed by atoms with Crippen LogP contribution in [0, 0.1) is 0 Å². The molecule has 3 aromatic rings. The summed E-state index contributed by atoms with van der Waals surface area (Å²) >= 11 is 6.39. The van der Waals surface area contributed by atoms with E-state index in [2.05, 4.69) is 6.92 Å². The van der Waals surface area contributed by atoms with E-state index < -0.39 is 34.3 Å². The number of unbranched alkanes of at least 4 members (excludes halogenated alkanes) is 1. The van der Waals surface area contributed by atoms with Crippen LogP contribution in [-0.4, -0.2) is 90.3 Å². The second-order valence-corrected chi connectivity index (χ2v) is 17.0. The molecule has 3 N–H and O–H groups in total. The molecule has 4 atom stereocenters. The van der Waals surface area contributed by atoms with Gasteiger partial charge >= 0.3 is 12.1 Å². The van der Waals surface area contributed by atoms with Gasteiger partial charge in [-0.1, -0.05) is 37.1 Å². The van der Waals surface area contributed by atoms with Crippen LogP contribution in [0.15, 0.2) is 59.5 Å². The SMILES string of the molecule is CCCCOc1cc(O[C@H]2C[C@@H](C(=O)N3C4CCC3CC(N)C4)N(S(=O)(=O)c3ccc4cc(OC5CCCC5)ccc4c3)C2)ccc1Cl.O=C(O)C(F)(F)F. The molecule has 1 aliphatic carbocycles. The van der Waals surface area contributed by atoms with Gasteiger partial charge in [0.2, 0.25) is 15.9 Å². The third-order valence-corrected chi connectivity index (χ3v) is 12.9. The highest BCUT2D eigenvalue weighted by Crippen LogP contribution is 2.40. The number of carbonyl (C=O) groups is 2. The number of benzene rings is 3. The molecule has 4 fully saturated rings. The van der Waals surface area contributed by atoms with E-state index in [1.807, 2.05) is 29.2 Å². The first-order valence-corrected chi connectivity index (χ1v) is 20.6. The summed E-state index contributed by atoms with van der Waals surface area (Å²) in [6.07, 6.45) is 4.51. The molecule has 16 heteroatoms. The number of fused-ring (bicyclic) bond motifs is 3. The van der Waals surface area contributed by atoms with Crippen LogP contribution in [-0.2, 0) is 19.6 Å². The topological polar surface area (TPSA) is 149 Å². The Morgan fingerprint density at radius 3 is 2.15 bits per heavy atom. The standard InChI is InChI=1S/C37H46ClN3O6S.C2HF3O2/c1-2-3-16-45-36-22-31(13-15-34(36)38)47-32-21-35(37(42)41-27-10-11-28(41)20-26(39)19-27)40(23-32)48(43,44)33-14-9-24-17-30(12-8-25(24)18-33)46-29-6-4-5-7-29;3-2(4,5)1(6)7/h8-9,12-15,17-18,22,26-29,32,35H,2-7,10-11,16,19-21,23,39H2,1H3;(H,6,7)/t26?,27?,28?,32-,35-;/m0./s1. The second kappa shape index (κ2) is 17.1. The Morgan fingerprint density at radius 2 is 1.49 bits per heavy atom. The van der Waals surface area contributed by atoms with Crippen molar-refractivity contribution in [2.45, 2.75) is 125 Å². The van der Waals surface area contributed by atoms with E-state index in [9.17, 15) is 26.4 Å². The molecule has 11 nitrogen and oxygen atoms in total. The summed E-state index contributed by atoms with van der Waals surface area (Å²) in [5, 5.41) is 9.31. The van der Waals surface area contributed by atoms with E-state index in [-0.39, 0.29) is 48.0 Å². The lowest BCUT2D eigenvalue weighted by Crippen LogP contribution is -2.55. The number of piperidine rings is 1. The molecule has 3 heterocycles. The van der Waals surface area contributed by atoms with Crippen LogP contribution in [0.4, 0.5) is 13.2 Å². The van der Waals surface area contributed by atoms with Gasteiger partial charge in [-0.2, -0.15) is 17.5 Å². The summed E-state index contributed by atoms with van der Waals surface area (Å²) < 4.78 is 80.5. The van der Waals surface area contributed by atoms with E-state index in [4.69, 9.17) is 41.4 Å². The van der Waals surface area contributed by atoms with Gasteiger partial charge in [-0.05, 0) is 105 Å². The summed E-state index contributed by atoms with van der Waals surface area (Å²) in [5.41, 5.74) is 6.32. The molecule has 3 saturated heterocycles. The van der Waals surface area contributed by atoms with Gasteiger partial charge in [0.15, 0.2) is 0 Å². The molecule has 2 unspecified atom stereocenters. The van der Waals surface area contributed by atoms with Gasteiger partial charge in [-0.15, -0.1) is 0 Å². The Hall–Kier alpha value is -3.79. The highest BCUT2D eigenvalue weighted by atomic mass is 35.5. The van der Waals surface area contributed by atoms with Crippen LogP contribution in [0.5, 0.6) is 17.2 Å². The lowest BCUT2D eigenvalue weighted by Gasteiger charge is -2.40. The maximum absolute atomic E-state index is 14.5. The summed E-state index contributed by atoms with van der Waals surface area (Å²) in [6.45, 7) is 2.67. The molecule has 55 heavy (non-hydrogen) atoms. The van der Waals surface area contributed by atoms with E-state index in [1.54, 1.807) is 30.3 Å². The minimum atomic E-state index is -5.08. The maximum Gasteiger partial charge on any atom is 0.490 e. The monoisotopic (exact) mass is 809 g/mol. The van der Waals surface area contributed by atoms with Gasteiger partial charge in [0.25, 0.3) is 0 Å². The molecule has 1 saturated carbocycles. The average Bonchev–Trinajstić information content (AvgIpc) is 3.88. The fourth-order valence-corrected chi connectivity index (χ4v) is 9.88. The fourth-order valence-electron chi connectivity index (χ4n) is 8.05. The lowest BCUT2D eigenvalue weighted by atomic mass is 9.97. The molecule has 300 valence electrons. The van der Waals surface area contributed by atoms with E-state index in [0.717, 1.165) is 67.9 Å². The predicted octanol–water partition coefficient (Wildman–Crippen LogP) is 7.32. The number of rotatable bonds is 11. The van der Waals surface area contributed by atoms with Crippen LogP contribution in [0.1, 0.15) is 77.6 Å². The smallest absolute Gasteiger partial charge is 0.490 e. The zero-order valence-corrected chi connectivity index (χ0v) is 32.1. The zero-order valence-electron chi connectivity index (χ0n) is 30.5. The minimum absolute atomic E-state index is 0.0381. The number of sulfonamides is 1. The minimum Gasteiger partial charge on any atom is -0.492 e. The first-order chi connectivity index (χ1) is 26.1. The van der Waals surface area contributed by atoms with Gasteiger partial charge in [0, 0.05) is 30.6 Å². The molecule has 2 bridgehead atoms. The lowest BCUT2D eigenvalue weighted by molar-refractivity contribution is -0.192. The van der Waals surface area contributed by atoms with Crippen molar-refractivity contribution < 1.29 is 50.5 Å². The Bertz CT molecular complexity index is 1950. The van der Waals surface area contributed by atoms with Gasteiger partial charge in [-0.25, -0.2) is 13.2 Å². The van der Waals surface area contributed by atoms with Crippen molar-refractivity contribution in [1.29, 1.82) is 0 Å². The normalized spacial score (nSPS) is 24.4. The molecule has 4 aliphatic rings. The first-order valence-electron chi connectivity index (χ1n) is 18.8. The molecule has 3 aliphatic heterocycles. The molecule has 0 aromatic heterocycles. The van der Waals surface area contributed by atoms with Gasteiger partial charge < -0.3 is 30.0 Å². The number of carbonyl (C=O) groups excluding carboxylic acids is 1. The van der Waals surface area contributed by atoms with Crippen molar-refractivity contribution in [1.82, 2.24) is 9.21 Å². The molecule has 0 spiro atoms. The number of nitrogens with zero attached hydrogens (tertiary/aromatic N) is 2. The zero-order chi connectivity index (χ0) is 39.5. The first kappa shape index (κ1) is 40.9. The van der Waals surface area contributed by atoms with Crippen LogP contribution in [0.3, 0.4) is 0 Å². The molecule has 7 rings (SSSR count). The predicted molar refractivity (Wildman–Crippen MR) is 200 cm³/mol. The Morgan fingerprint density at radius 1 is 0.891 bits per heavy atom. The summed E-state index contributed by atoms with van der Waals surface area (Å²) in [6, 6.07) is 15.4. The Balaban J connectivity index is 0.000000672. The number of nitrogens with two attached hydrogens (primary N) is 1. The molecule has 3 aromatic carbocycles. The quantitative estimate of drug-likeness (QED) is 0.190. The molecule has 1 amide bonds. The van der Waals surface area contributed by atoms with Crippen molar-refractivity contribution >= 4 is 44.3 Å². The number of ether oxygens (including phenoxy) is 3. The van der Waals surface area contributed by atoms with Crippen molar-refractivity contribution in [3.8, 4) is 17.2 Å². The third-order valence-electron chi connectivity index (χ3n) is 10.7. The molecule has 0 radical (unpaired) electrons. The maximum atomic E-state index is 14.5. The van der Waals surface area contributed by atoms with Gasteiger partial charge in [0.05, 0.1) is 29.2 Å². The number of carboxylic acid groups (broad SMARTS) is 1. The number of aliphatic carboxylic acids is 1. The van der Waals surface area contributed by atoms with Crippen LogP contribution in [0.25, 0.3) is 10.8 Å². The third kappa shape index (κ3) is 9.61. The van der Waals surface area contributed by atoms with Crippen LogP contribution < -0.4 is 19.9 Å². The number of hydrogen-bond donors (Lipinski definition) is 2. The van der Waals surface area contributed by atoms with E-state index in [1.165, 1.54) is 17.1 Å². The Kier molecular flexibility index (Phi) is 12.7.